The average molecular weight is 482 g/mol. The lowest BCUT2D eigenvalue weighted by molar-refractivity contribution is -0.101. The molecule has 8 nitrogen and oxygen atoms in total. The van der Waals surface area contributed by atoms with E-state index in [0.29, 0.717) is 11.3 Å². The molecular formula is C21H22F3N5O3S. The fourth-order valence-electron chi connectivity index (χ4n) is 3.99. The Hall–Kier alpha value is -3.15. The largest absolute Gasteiger partial charge is 0.486 e. The van der Waals surface area contributed by atoms with E-state index in [1.165, 1.54) is 18.5 Å². The molecule has 2 atom stereocenters. The van der Waals surface area contributed by atoms with E-state index in [0.717, 1.165) is 18.5 Å². The van der Waals surface area contributed by atoms with Gasteiger partial charge in [-0.25, -0.2) is 31.6 Å². The molecule has 1 aromatic carbocycles. The van der Waals surface area contributed by atoms with Gasteiger partial charge in [0.15, 0.2) is 0 Å². The van der Waals surface area contributed by atoms with Gasteiger partial charge in [0.25, 0.3) is 10.0 Å². The third-order valence-electron chi connectivity index (χ3n) is 5.81. The molecule has 0 radical (unpaired) electrons. The number of nitrogens with zero attached hydrogens (tertiary/aromatic N) is 3. The molecular weight excluding hydrogens is 459 g/mol. The van der Waals surface area contributed by atoms with Crippen molar-refractivity contribution in [3.8, 4) is 5.75 Å². The highest BCUT2D eigenvalue weighted by molar-refractivity contribution is 7.92. The van der Waals surface area contributed by atoms with Gasteiger partial charge >= 0.3 is 0 Å². The van der Waals surface area contributed by atoms with Crippen molar-refractivity contribution in [2.75, 3.05) is 4.72 Å². The number of halogens is 3. The van der Waals surface area contributed by atoms with Crippen LogP contribution < -0.4 is 9.46 Å². The van der Waals surface area contributed by atoms with Crippen LogP contribution >= 0.6 is 0 Å². The molecule has 0 saturated heterocycles. The number of aromatic nitrogens is 4. The Balaban J connectivity index is 1.64. The molecule has 1 fully saturated rings. The van der Waals surface area contributed by atoms with E-state index in [4.69, 9.17) is 4.74 Å². The third kappa shape index (κ3) is 4.80. The Morgan fingerprint density at radius 2 is 2.00 bits per heavy atom. The van der Waals surface area contributed by atoms with Gasteiger partial charge in [0.2, 0.25) is 5.92 Å². The van der Waals surface area contributed by atoms with Crippen LogP contribution in [0.3, 0.4) is 0 Å². The number of rotatable bonds is 6. The molecule has 0 aliphatic heterocycles. The molecule has 1 aliphatic carbocycles. The van der Waals surface area contributed by atoms with Gasteiger partial charge in [0, 0.05) is 42.9 Å². The van der Waals surface area contributed by atoms with Gasteiger partial charge in [-0.1, -0.05) is 0 Å². The number of ether oxygens (including phenoxy) is 1. The van der Waals surface area contributed by atoms with E-state index < -0.39 is 44.6 Å². The van der Waals surface area contributed by atoms with Crippen LogP contribution in [0.2, 0.25) is 0 Å². The van der Waals surface area contributed by atoms with Gasteiger partial charge in [0.1, 0.15) is 34.2 Å². The maximum absolute atomic E-state index is 14.9. The van der Waals surface area contributed by atoms with Crippen LogP contribution in [-0.2, 0) is 10.0 Å². The lowest BCUT2D eigenvalue weighted by atomic mass is 9.73. The molecule has 0 amide bonds. The molecule has 0 unspecified atom stereocenters. The fraction of sp³-hybridized carbons (Fsp3) is 0.381. The minimum Gasteiger partial charge on any atom is -0.486 e. The number of sulfonamides is 1. The predicted molar refractivity (Wildman–Crippen MR) is 113 cm³/mol. The second-order valence-electron chi connectivity index (χ2n) is 8.29. The predicted octanol–water partition coefficient (Wildman–Crippen LogP) is 4.19. The van der Waals surface area contributed by atoms with Crippen molar-refractivity contribution in [1.29, 1.82) is 0 Å². The van der Waals surface area contributed by atoms with Crippen molar-refractivity contribution in [3.63, 3.8) is 0 Å². The van der Waals surface area contributed by atoms with Crippen molar-refractivity contribution in [3.05, 3.63) is 60.1 Å². The Morgan fingerprint density at radius 3 is 2.67 bits per heavy atom. The zero-order valence-corrected chi connectivity index (χ0v) is 18.7. The summed E-state index contributed by atoms with van der Waals surface area (Å²) in [4.78, 5) is 6.88. The summed E-state index contributed by atoms with van der Waals surface area (Å²) >= 11 is 0. The van der Waals surface area contributed by atoms with Crippen LogP contribution in [-0.4, -0.2) is 40.1 Å². The maximum atomic E-state index is 14.9. The fourth-order valence-corrected chi connectivity index (χ4v) is 5.14. The van der Waals surface area contributed by atoms with Crippen molar-refractivity contribution in [1.82, 2.24) is 20.2 Å². The smallest absolute Gasteiger partial charge is 0.265 e. The summed E-state index contributed by atoms with van der Waals surface area (Å²) in [5.74, 6) is -4.58. The van der Waals surface area contributed by atoms with Crippen LogP contribution in [0, 0.1) is 12.7 Å². The minimum atomic E-state index is -4.28. The van der Waals surface area contributed by atoms with E-state index in [1.807, 2.05) is 0 Å². The van der Waals surface area contributed by atoms with Crippen LogP contribution in [0.1, 0.15) is 43.4 Å². The summed E-state index contributed by atoms with van der Waals surface area (Å²) in [6, 6.07) is 5.04. The van der Waals surface area contributed by atoms with Crippen molar-refractivity contribution < 1.29 is 26.3 Å². The number of alkyl halides is 2. The summed E-state index contributed by atoms with van der Waals surface area (Å²) in [6.07, 6.45) is 3.14. The van der Waals surface area contributed by atoms with E-state index in [1.54, 1.807) is 19.9 Å². The number of benzene rings is 1. The number of hydrogen-bond acceptors (Lipinski definition) is 6. The van der Waals surface area contributed by atoms with E-state index in [2.05, 4.69) is 24.9 Å². The molecule has 1 aliphatic rings. The normalized spacial score (nSPS) is 22.6. The number of hydrogen-bond donors (Lipinski definition) is 2. The van der Waals surface area contributed by atoms with E-state index >= 15 is 0 Å². The minimum absolute atomic E-state index is 0.0135. The summed E-state index contributed by atoms with van der Waals surface area (Å²) in [5.41, 5.74) is -0.269. The summed E-state index contributed by atoms with van der Waals surface area (Å²) in [6.45, 7) is 3.25. The standard InChI is InChI=1S/C21H22F3N5O3S/c1-13-9-18(33(30,31)29-19-4-7-25-12-26-19)15(22)10-17(13)32-20(2)5-6-21(23,24)11-14(20)16-3-8-27-28-16/h3-4,7-10,12,14H,5-6,11H2,1-2H3,(H,27,28)(H,25,26,29)/t14-,20-/m1/s1. The molecule has 2 N–H and O–H groups in total. The molecule has 33 heavy (non-hydrogen) atoms. The second-order valence-corrected chi connectivity index (χ2v) is 9.94. The molecule has 3 aromatic rings. The first-order chi connectivity index (χ1) is 15.5. The van der Waals surface area contributed by atoms with Gasteiger partial charge in [-0.3, -0.25) is 9.82 Å². The summed E-state index contributed by atoms with van der Waals surface area (Å²) in [5, 5.41) is 6.58. The van der Waals surface area contributed by atoms with Crippen molar-refractivity contribution in [2.24, 2.45) is 0 Å². The Kier molecular flexibility index (Phi) is 5.81. The third-order valence-corrected chi connectivity index (χ3v) is 7.18. The molecule has 4 rings (SSSR count). The van der Waals surface area contributed by atoms with E-state index in [-0.39, 0.29) is 24.4 Å². The zero-order valence-electron chi connectivity index (χ0n) is 17.8. The lowest BCUT2D eigenvalue weighted by Gasteiger charge is -2.44. The Bertz CT molecular complexity index is 1240. The second kappa shape index (κ2) is 8.32. The molecule has 0 bridgehead atoms. The quantitative estimate of drug-likeness (QED) is 0.546. The van der Waals surface area contributed by atoms with Crippen LogP contribution in [0.25, 0.3) is 0 Å². The summed E-state index contributed by atoms with van der Waals surface area (Å²) in [7, 11) is -4.28. The first-order valence-electron chi connectivity index (χ1n) is 10.1. The molecule has 176 valence electrons. The highest BCUT2D eigenvalue weighted by atomic mass is 32.2. The first kappa shape index (κ1) is 23.0. The van der Waals surface area contributed by atoms with Gasteiger partial charge in [0.05, 0.1) is 0 Å². The van der Waals surface area contributed by atoms with Gasteiger partial charge in [-0.15, -0.1) is 0 Å². The topological polar surface area (TPSA) is 110 Å². The van der Waals surface area contributed by atoms with Crippen LogP contribution in [0.15, 0.2) is 47.9 Å². The maximum Gasteiger partial charge on any atom is 0.265 e. The summed E-state index contributed by atoms with van der Waals surface area (Å²) < 4.78 is 77.0. The van der Waals surface area contributed by atoms with Gasteiger partial charge < -0.3 is 4.74 Å². The van der Waals surface area contributed by atoms with Gasteiger partial charge in [-0.05, 0) is 44.0 Å². The molecule has 1 saturated carbocycles. The highest BCUT2D eigenvalue weighted by Gasteiger charge is 2.50. The highest BCUT2D eigenvalue weighted by Crippen LogP contribution is 2.49. The molecule has 2 aromatic heterocycles. The molecule has 12 heteroatoms. The number of anilines is 1. The van der Waals surface area contributed by atoms with Gasteiger partial charge in [-0.2, -0.15) is 5.10 Å². The van der Waals surface area contributed by atoms with Crippen molar-refractivity contribution >= 4 is 15.8 Å². The lowest BCUT2D eigenvalue weighted by Crippen LogP contribution is -2.47. The number of aromatic amines is 1. The molecule has 2 heterocycles. The Labute approximate surface area is 188 Å². The number of H-pyrrole nitrogens is 1. The van der Waals surface area contributed by atoms with E-state index in [9.17, 15) is 21.6 Å². The van der Waals surface area contributed by atoms with Crippen molar-refractivity contribution in [2.45, 2.75) is 55.4 Å². The van der Waals surface area contributed by atoms with Crippen LogP contribution in [0.5, 0.6) is 5.75 Å². The monoisotopic (exact) mass is 481 g/mol. The first-order valence-corrected chi connectivity index (χ1v) is 11.6. The number of nitrogens with one attached hydrogen (secondary N) is 2. The Morgan fingerprint density at radius 1 is 1.21 bits per heavy atom. The zero-order chi connectivity index (χ0) is 23.9. The molecule has 0 spiro atoms. The SMILES string of the molecule is Cc1cc(S(=O)(=O)Nc2ccncn2)c(F)cc1O[C@]1(C)CCC(F)(F)C[C@@H]1c1ccn[nH]1. The average Bonchev–Trinajstić information content (AvgIpc) is 3.27. The van der Waals surface area contributed by atoms with Crippen LogP contribution in [0.4, 0.5) is 19.0 Å². The number of aryl methyl sites for hydroxylation is 1.